The fourth-order valence-corrected chi connectivity index (χ4v) is 7.23. The normalized spacial score (nSPS) is 23.6. The van der Waals surface area contributed by atoms with Crippen LogP contribution in [0.25, 0.3) is 0 Å². The van der Waals surface area contributed by atoms with E-state index in [2.05, 4.69) is 56.9 Å². The van der Waals surface area contributed by atoms with Crippen molar-refractivity contribution in [3.05, 3.63) is 0 Å². The molecule has 12 nitrogen and oxygen atoms in total. The molecule has 2 aliphatic rings. The Morgan fingerprint density at radius 2 is 1.14 bits per heavy atom. The molecule has 2 fully saturated rings. The monoisotopic (exact) mass is 681 g/mol. The SMILES string of the molecule is CCC(C)(C#N)N=NC(C)(C#N)C(CC(C)CC(C)(C#N)N=NC(C)(C#N)CC(C)C)C[N+](=NC1(C#N)CCCCC1)C1(C#N)CCCCC1. The first-order chi connectivity index (χ1) is 23.5. The summed E-state index contributed by atoms with van der Waals surface area (Å²) in [6, 6.07) is 14.2. The summed E-state index contributed by atoms with van der Waals surface area (Å²) in [6.07, 6.45) is 9.52. The third kappa shape index (κ3) is 10.9. The van der Waals surface area contributed by atoms with E-state index in [-0.39, 0.29) is 18.4 Å². The molecule has 0 spiro atoms. The van der Waals surface area contributed by atoms with Gasteiger partial charge in [-0.1, -0.05) is 40.5 Å². The maximum atomic E-state index is 10.8. The molecule has 268 valence electrons. The van der Waals surface area contributed by atoms with Crippen LogP contribution in [0.15, 0.2) is 25.6 Å². The number of hydrogen-bond acceptors (Lipinski definition) is 11. The topological polar surface area (TPSA) is 208 Å². The molecule has 2 rings (SSSR count). The first-order valence-electron chi connectivity index (χ1n) is 18.3. The minimum Gasteiger partial charge on any atom is -0.196 e. The van der Waals surface area contributed by atoms with Gasteiger partial charge in [0.1, 0.15) is 6.07 Å². The van der Waals surface area contributed by atoms with Crippen LogP contribution in [0.5, 0.6) is 0 Å². The van der Waals surface area contributed by atoms with Crippen LogP contribution in [-0.2, 0) is 0 Å². The van der Waals surface area contributed by atoms with Crippen molar-refractivity contribution in [1.82, 2.24) is 0 Å². The molecular weight excluding hydrogens is 625 g/mol. The lowest BCUT2D eigenvalue weighted by Crippen LogP contribution is -2.49. The number of nitriles is 6. The zero-order valence-electron chi connectivity index (χ0n) is 31.7. The molecule has 6 atom stereocenters. The number of nitrogens with zero attached hydrogens (tertiary/aromatic N) is 12. The summed E-state index contributed by atoms with van der Waals surface area (Å²) < 4.78 is 1.83. The van der Waals surface area contributed by atoms with Gasteiger partial charge in [0.15, 0.2) is 28.7 Å². The Morgan fingerprint density at radius 3 is 1.58 bits per heavy atom. The molecule has 0 saturated heterocycles. The third-order valence-electron chi connectivity index (χ3n) is 10.6. The smallest absolute Gasteiger partial charge is 0.196 e. The molecule has 0 heterocycles. The van der Waals surface area contributed by atoms with Gasteiger partial charge < -0.3 is 0 Å². The highest BCUT2D eigenvalue weighted by Gasteiger charge is 2.51. The highest BCUT2D eigenvalue weighted by molar-refractivity contribution is 5.13. The standard InChI is InChI=1S/C38H57N12/c1-9-33(5,24-39)45-48-36(8,27-42)32(20-31(4)22-35(7,26-41)47-46-34(6,25-40)21-30(2)3)23-50(38(29-44)18-14-11-15-19-38)49-37(28-43)16-12-10-13-17-37/h30-32H,9-23H2,1-8H3/q+1. The second kappa shape index (κ2) is 17.6. The van der Waals surface area contributed by atoms with Gasteiger partial charge in [0.2, 0.25) is 5.54 Å². The van der Waals surface area contributed by atoms with Gasteiger partial charge in [-0.25, -0.2) is 0 Å². The van der Waals surface area contributed by atoms with Crippen LogP contribution in [0.2, 0.25) is 0 Å². The van der Waals surface area contributed by atoms with Gasteiger partial charge >= 0.3 is 0 Å². The quantitative estimate of drug-likeness (QED) is 0.114. The molecule has 0 aromatic rings. The van der Waals surface area contributed by atoms with Crippen molar-refractivity contribution < 1.29 is 4.70 Å². The molecule has 0 aliphatic heterocycles. The molecule has 0 bridgehead atoms. The average Bonchev–Trinajstić information content (AvgIpc) is 3.12. The summed E-state index contributed by atoms with van der Waals surface area (Å²) in [5.74, 6) is -0.529. The second-order valence-electron chi connectivity index (χ2n) is 16.1. The zero-order valence-corrected chi connectivity index (χ0v) is 31.7. The Hall–Kier alpha value is -4.26. The lowest BCUT2D eigenvalue weighted by Gasteiger charge is -2.34. The van der Waals surface area contributed by atoms with E-state index in [0.29, 0.717) is 51.4 Å². The largest absolute Gasteiger partial charge is 0.272 e. The van der Waals surface area contributed by atoms with Crippen LogP contribution >= 0.6 is 0 Å². The Morgan fingerprint density at radius 1 is 0.640 bits per heavy atom. The van der Waals surface area contributed by atoms with E-state index in [9.17, 15) is 31.6 Å². The van der Waals surface area contributed by atoms with Gasteiger partial charge in [-0.15, -0.1) is 4.70 Å². The van der Waals surface area contributed by atoms with Crippen molar-refractivity contribution in [2.45, 2.75) is 179 Å². The molecule has 2 saturated carbocycles. The van der Waals surface area contributed by atoms with E-state index in [1.807, 2.05) is 32.4 Å². The number of hydrogen-bond donors (Lipinski definition) is 0. The van der Waals surface area contributed by atoms with E-state index in [4.69, 9.17) is 5.11 Å². The zero-order chi connectivity index (χ0) is 37.7. The van der Waals surface area contributed by atoms with Gasteiger partial charge in [0.05, 0.1) is 36.3 Å². The van der Waals surface area contributed by atoms with E-state index < -0.39 is 39.2 Å². The number of azo groups is 4. The predicted octanol–water partition coefficient (Wildman–Crippen LogP) is 9.43. The molecule has 0 amide bonds. The Bertz CT molecular complexity index is 1510. The fourth-order valence-electron chi connectivity index (χ4n) is 7.23. The Kier molecular flexibility index (Phi) is 14.8. The lowest BCUT2D eigenvalue weighted by atomic mass is 9.76. The Labute approximate surface area is 300 Å². The average molecular weight is 682 g/mol. The van der Waals surface area contributed by atoms with Crippen LogP contribution in [0.1, 0.15) is 145 Å². The lowest BCUT2D eigenvalue weighted by molar-refractivity contribution is -0.667. The highest BCUT2D eigenvalue weighted by atomic mass is 15.3. The molecule has 12 heteroatoms. The van der Waals surface area contributed by atoms with E-state index in [1.165, 1.54) is 0 Å². The van der Waals surface area contributed by atoms with Gasteiger partial charge in [0.25, 0.3) is 5.54 Å². The molecule has 50 heavy (non-hydrogen) atoms. The number of rotatable bonds is 16. The third-order valence-corrected chi connectivity index (χ3v) is 10.6. The van der Waals surface area contributed by atoms with Crippen molar-refractivity contribution in [2.24, 2.45) is 43.3 Å². The van der Waals surface area contributed by atoms with Crippen LogP contribution in [0.3, 0.4) is 0 Å². The maximum absolute atomic E-state index is 10.8. The summed E-state index contributed by atoms with van der Waals surface area (Å²) in [5.41, 5.74) is -6.73. The van der Waals surface area contributed by atoms with Crippen LogP contribution in [0, 0.1) is 85.7 Å². The minimum absolute atomic E-state index is 0.172. The molecule has 0 radical (unpaired) electrons. The maximum Gasteiger partial charge on any atom is 0.272 e. The molecule has 2 aliphatic carbocycles. The summed E-state index contributed by atoms with van der Waals surface area (Å²) in [4.78, 5) is 0. The summed E-state index contributed by atoms with van der Waals surface area (Å²) >= 11 is 0. The first kappa shape index (κ1) is 41.9. The first-order valence-corrected chi connectivity index (χ1v) is 18.3. The van der Waals surface area contributed by atoms with Gasteiger partial charge in [-0.05, 0) is 109 Å². The minimum atomic E-state index is -1.42. The molecule has 0 N–H and O–H groups in total. The molecule has 0 aromatic heterocycles. The van der Waals surface area contributed by atoms with Gasteiger partial charge in [0, 0.05) is 12.8 Å². The molecule has 0 aromatic carbocycles. The predicted molar refractivity (Wildman–Crippen MR) is 188 cm³/mol. The fraction of sp³-hybridized carbons (Fsp3) is 0.842. The van der Waals surface area contributed by atoms with E-state index in [1.54, 1.807) is 27.7 Å². The van der Waals surface area contributed by atoms with Crippen molar-refractivity contribution in [3.8, 4) is 36.4 Å². The highest BCUT2D eigenvalue weighted by Crippen LogP contribution is 2.40. The molecule has 6 unspecified atom stereocenters. The van der Waals surface area contributed by atoms with Crippen LogP contribution in [0.4, 0.5) is 0 Å². The summed E-state index contributed by atoms with van der Waals surface area (Å²) in [6.45, 7) is 14.8. The van der Waals surface area contributed by atoms with Crippen LogP contribution < -0.4 is 0 Å². The van der Waals surface area contributed by atoms with E-state index >= 15 is 0 Å². The Balaban J connectivity index is 2.70. The second-order valence-corrected chi connectivity index (χ2v) is 16.1. The van der Waals surface area contributed by atoms with Gasteiger partial charge in [-0.2, -0.15) is 52.0 Å². The van der Waals surface area contributed by atoms with Crippen molar-refractivity contribution >= 4 is 0 Å². The van der Waals surface area contributed by atoms with Crippen molar-refractivity contribution in [3.63, 3.8) is 0 Å². The van der Waals surface area contributed by atoms with Crippen LogP contribution in [-0.4, -0.2) is 44.5 Å². The summed E-state index contributed by atoms with van der Waals surface area (Å²) in [7, 11) is 0. The summed E-state index contributed by atoms with van der Waals surface area (Å²) in [5, 5.41) is 84.9. The van der Waals surface area contributed by atoms with Crippen molar-refractivity contribution in [2.75, 3.05) is 6.54 Å². The molecular formula is C38H57N12+. The van der Waals surface area contributed by atoms with Gasteiger partial charge in [-0.3, -0.25) is 0 Å². The van der Waals surface area contributed by atoms with E-state index in [0.717, 1.165) is 38.5 Å². The van der Waals surface area contributed by atoms with Crippen molar-refractivity contribution in [1.29, 1.82) is 31.6 Å².